The number of hydrogen-bond donors (Lipinski definition) is 1. The van der Waals surface area contributed by atoms with Gasteiger partial charge in [-0.1, -0.05) is 26.2 Å². The fourth-order valence-corrected chi connectivity index (χ4v) is 5.65. The van der Waals surface area contributed by atoms with Crippen LogP contribution in [0.1, 0.15) is 51.9 Å². The van der Waals surface area contributed by atoms with Crippen LogP contribution in [-0.2, 0) is 21.8 Å². The predicted molar refractivity (Wildman–Crippen MR) is 105 cm³/mol. The van der Waals surface area contributed by atoms with Crippen LogP contribution in [-0.4, -0.2) is 60.7 Å². The molecule has 1 aromatic heterocycles. The smallest absolute Gasteiger partial charge is 0.262 e. The molecule has 3 rings (SSSR count). The molecule has 1 aromatic rings. The third-order valence-electron chi connectivity index (χ3n) is 5.75. The van der Waals surface area contributed by atoms with E-state index >= 15 is 0 Å². The lowest BCUT2D eigenvalue weighted by atomic mass is 9.91. The maximum absolute atomic E-state index is 13.0. The summed E-state index contributed by atoms with van der Waals surface area (Å²) in [6.45, 7) is 4.94. The van der Waals surface area contributed by atoms with Crippen molar-refractivity contribution < 1.29 is 13.2 Å². The molecular weight excluding hydrogens is 364 g/mol. The first kappa shape index (κ1) is 20.8. The summed E-state index contributed by atoms with van der Waals surface area (Å²) in [6, 6.07) is 0.146. The van der Waals surface area contributed by atoms with Crippen molar-refractivity contribution >= 4 is 10.0 Å². The lowest BCUT2D eigenvalue weighted by Gasteiger charge is -2.31. The van der Waals surface area contributed by atoms with Crippen molar-refractivity contribution in [1.29, 1.82) is 0 Å². The van der Waals surface area contributed by atoms with Crippen molar-refractivity contribution in [2.24, 2.45) is 13.0 Å². The zero-order valence-corrected chi connectivity index (χ0v) is 17.5. The average molecular weight is 399 g/mol. The van der Waals surface area contributed by atoms with Crippen LogP contribution < -0.4 is 5.32 Å². The number of imidazole rings is 1. The highest BCUT2D eigenvalue weighted by atomic mass is 32.2. The van der Waals surface area contributed by atoms with Crippen LogP contribution in [0.2, 0.25) is 0 Å². The summed E-state index contributed by atoms with van der Waals surface area (Å²) >= 11 is 0. The Hall–Kier alpha value is -0.960. The Balaban J connectivity index is 1.68. The molecule has 2 aliphatic rings. The Bertz CT molecular complexity index is 685. The normalized spacial score (nSPS) is 27.3. The van der Waals surface area contributed by atoms with Gasteiger partial charge in [-0.3, -0.25) is 0 Å². The first-order valence-electron chi connectivity index (χ1n) is 10.4. The number of ether oxygens (including phenoxy) is 1. The van der Waals surface area contributed by atoms with Gasteiger partial charge in [0, 0.05) is 44.9 Å². The minimum absolute atomic E-state index is 0.136. The van der Waals surface area contributed by atoms with Gasteiger partial charge in [-0.25, -0.2) is 13.4 Å². The van der Waals surface area contributed by atoms with Crippen LogP contribution in [0.15, 0.2) is 17.6 Å². The van der Waals surface area contributed by atoms with Gasteiger partial charge in [0.05, 0.1) is 12.4 Å². The van der Waals surface area contributed by atoms with E-state index in [1.807, 2.05) is 0 Å². The molecule has 7 nitrogen and oxygen atoms in total. The molecule has 2 aliphatic heterocycles. The number of hydrogen-bond acceptors (Lipinski definition) is 5. The van der Waals surface area contributed by atoms with Gasteiger partial charge in [-0.2, -0.15) is 4.31 Å². The monoisotopic (exact) mass is 398 g/mol. The van der Waals surface area contributed by atoms with Crippen molar-refractivity contribution in [3.63, 3.8) is 0 Å². The van der Waals surface area contributed by atoms with Crippen molar-refractivity contribution in [2.75, 3.05) is 26.2 Å². The molecule has 0 saturated carbocycles. The number of aryl methyl sites for hydroxylation is 1. The molecule has 154 valence electrons. The van der Waals surface area contributed by atoms with Gasteiger partial charge in [0.25, 0.3) is 10.0 Å². The van der Waals surface area contributed by atoms with E-state index in [2.05, 4.69) is 17.2 Å². The molecule has 0 aromatic carbocycles. The lowest BCUT2D eigenvalue weighted by molar-refractivity contribution is -0.0227. The van der Waals surface area contributed by atoms with E-state index in [0.717, 1.165) is 38.8 Å². The molecule has 8 heteroatoms. The van der Waals surface area contributed by atoms with Crippen molar-refractivity contribution in [1.82, 2.24) is 19.2 Å². The molecule has 0 radical (unpaired) electrons. The molecule has 3 heterocycles. The number of nitrogens with zero attached hydrogens (tertiary/aromatic N) is 3. The van der Waals surface area contributed by atoms with E-state index < -0.39 is 10.0 Å². The fourth-order valence-electron chi connectivity index (χ4n) is 4.18. The maximum Gasteiger partial charge on any atom is 0.262 e. The number of aromatic nitrogens is 2. The van der Waals surface area contributed by atoms with Crippen LogP contribution >= 0.6 is 0 Å². The average Bonchev–Trinajstić information content (AvgIpc) is 3.29. The summed E-state index contributed by atoms with van der Waals surface area (Å²) in [5, 5.41) is 3.77. The van der Waals surface area contributed by atoms with Crippen LogP contribution in [0, 0.1) is 5.92 Å². The van der Waals surface area contributed by atoms with Gasteiger partial charge in [0.1, 0.15) is 0 Å². The molecule has 0 spiro atoms. The van der Waals surface area contributed by atoms with Gasteiger partial charge in [-0.05, 0) is 32.2 Å². The molecule has 27 heavy (non-hydrogen) atoms. The summed E-state index contributed by atoms with van der Waals surface area (Å²) in [6.07, 6.45) is 11.4. The largest absolute Gasteiger partial charge is 0.378 e. The summed E-state index contributed by atoms with van der Waals surface area (Å²) < 4.78 is 35.3. The Labute approximate surface area is 163 Å². The van der Waals surface area contributed by atoms with Gasteiger partial charge < -0.3 is 14.6 Å². The highest BCUT2D eigenvalue weighted by Crippen LogP contribution is 2.31. The van der Waals surface area contributed by atoms with Crippen LogP contribution in [0.25, 0.3) is 0 Å². The fraction of sp³-hybridized carbons (Fsp3) is 0.842. The second-order valence-corrected chi connectivity index (χ2v) is 9.77. The van der Waals surface area contributed by atoms with E-state index in [1.165, 1.54) is 25.6 Å². The molecule has 2 saturated heterocycles. The third-order valence-corrected chi connectivity index (χ3v) is 7.46. The Kier molecular flexibility index (Phi) is 7.30. The topological polar surface area (TPSA) is 76.5 Å². The molecule has 1 N–H and O–H groups in total. The molecule has 0 bridgehead atoms. The van der Waals surface area contributed by atoms with E-state index in [0.29, 0.717) is 13.1 Å². The standard InChI is InChI=1S/C19H34N4O3S/c1-3-4-5-7-10-20-17-13-23(12-16(17)18-9-6-8-11-26-18)27(24,25)19-14-22(2)15-21-19/h14-18,20H,3-13H2,1-2H3/t16-,17-,18?/m1/s1. The number of unbranched alkanes of at least 4 members (excludes halogenated alkanes) is 3. The number of sulfonamides is 1. The maximum atomic E-state index is 13.0. The molecular formula is C19H34N4O3S. The SMILES string of the molecule is CCCCCCN[C@@H]1CN(S(=O)(=O)c2cn(C)cn2)C[C@H]1C1CCCCO1. The van der Waals surface area contributed by atoms with E-state index in [4.69, 9.17) is 4.74 Å². The van der Waals surface area contributed by atoms with E-state index in [1.54, 1.807) is 22.1 Å². The predicted octanol–water partition coefficient (Wildman–Crippen LogP) is 2.15. The second-order valence-electron chi connectivity index (χ2n) is 7.89. The first-order chi connectivity index (χ1) is 13.0. The van der Waals surface area contributed by atoms with Crippen molar-refractivity contribution in [3.8, 4) is 0 Å². The summed E-state index contributed by atoms with van der Waals surface area (Å²) in [7, 11) is -1.77. The second kappa shape index (κ2) is 9.49. The van der Waals surface area contributed by atoms with Gasteiger partial charge in [0.15, 0.2) is 5.03 Å². The first-order valence-corrected chi connectivity index (χ1v) is 11.8. The molecule has 0 aliphatic carbocycles. The van der Waals surface area contributed by atoms with Gasteiger partial charge in [-0.15, -0.1) is 0 Å². The zero-order chi connectivity index (χ0) is 19.3. The molecule has 1 unspecified atom stereocenters. The summed E-state index contributed by atoms with van der Waals surface area (Å²) in [5.74, 6) is 0.204. The number of rotatable bonds is 9. The minimum Gasteiger partial charge on any atom is -0.378 e. The Morgan fingerprint density at radius 2 is 2.11 bits per heavy atom. The van der Waals surface area contributed by atoms with Gasteiger partial charge >= 0.3 is 0 Å². The van der Waals surface area contributed by atoms with Crippen LogP contribution in [0.3, 0.4) is 0 Å². The molecule has 0 amide bonds. The molecule has 2 fully saturated rings. The third kappa shape index (κ3) is 5.10. The number of nitrogens with one attached hydrogen (secondary N) is 1. The highest BCUT2D eigenvalue weighted by Gasteiger charge is 2.43. The molecule has 3 atom stereocenters. The van der Waals surface area contributed by atoms with Crippen LogP contribution in [0.4, 0.5) is 0 Å². The lowest BCUT2D eigenvalue weighted by Crippen LogP contribution is -2.43. The quantitative estimate of drug-likeness (QED) is 0.645. The highest BCUT2D eigenvalue weighted by molar-refractivity contribution is 7.89. The van der Waals surface area contributed by atoms with Crippen molar-refractivity contribution in [3.05, 3.63) is 12.5 Å². The summed E-state index contributed by atoms with van der Waals surface area (Å²) in [4.78, 5) is 4.07. The van der Waals surface area contributed by atoms with Crippen LogP contribution in [0.5, 0.6) is 0 Å². The van der Waals surface area contributed by atoms with Crippen molar-refractivity contribution in [2.45, 2.75) is 69.0 Å². The van der Waals surface area contributed by atoms with E-state index in [9.17, 15) is 8.42 Å². The Morgan fingerprint density at radius 1 is 1.26 bits per heavy atom. The Morgan fingerprint density at radius 3 is 2.78 bits per heavy atom. The zero-order valence-electron chi connectivity index (χ0n) is 16.6. The van der Waals surface area contributed by atoms with Gasteiger partial charge in [0.2, 0.25) is 0 Å². The summed E-state index contributed by atoms with van der Waals surface area (Å²) in [5.41, 5.74) is 0. The minimum atomic E-state index is -3.56. The van der Waals surface area contributed by atoms with E-state index in [-0.39, 0.29) is 23.1 Å².